The van der Waals surface area contributed by atoms with Gasteiger partial charge in [-0.2, -0.15) is 0 Å². The van der Waals surface area contributed by atoms with Gasteiger partial charge < -0.3 is 18.9 Å². The second-order valence-electron chi connectivity index (χ2n) is 5.81. The largest absolute Gasteiger partial charge is 0.466 e. The van der Waals surface area contributed by atoms with Crippen LogP contribution in [0.3, 0.4) is 0 Å². The Bertz CT molecular complexity index is 592. The predicted octanol–water partition coefficient (Wildman–Crippen LogP) is 0.685. The third-order valence-electron chi connectivity index (χ3n) is 4.57. The van der Waals surface area contributed by atoms with E-state index >= 15 is 0 Å². The highest BCUT2D eigenvalue weighted by molar-refractivity contribution is 6.28. The van der Waals surface area contributed by atoms with Crippen molar-refractivity contribution < 1.29 is 33.3 Å². The van der Waals surface area contributed by atoms with Crippen molar-refractivity contribution >= 4 is 29.6 Å². The van der Waals surface area contributed by atoms with Crippen molar-refractivity contribution in [2.45, 2.75) is 31.3 Å². The van der Waals surface area contributed by atoms with Crippen LogP contribution >= 0.6 is 11.6 Å². The lowest BCUT2D eigenvalue weighted by molar-refractivity contribution is -0.150. The minimum Gasteiger partial charge on any atom is -0.466 e. The lowest BCUT2D eigenvalue weighted by Crippen LogP contribution is -2.45. The zero-order valence-electron chi connectivity index (χ0n) is 12.5. The van der Waals surface area contributed by atoms with Gasteiger partial charge in [-0.25, -0.2) is 9.59 Å². The quantitative estimate of drug-likeness (QED) is 0.456. The standard InChI is InChI=1S/C14H16ClNO7/c1-14-8(23-14)3-6-7(11(18)20-2)5-21-12(10(6)14)22-13(19)16-9(17)4-15/h5-6,8,10,12H,3-4H2,1-2H3,(H,16,17,19)/t6?,8?,10?,12?,14-/m0/s1. The average molecular weight is 346 g/mol. The second kappa shape index (κ2) is 5.68. The molecule has 2 amide bonds. The number of carbonyl (C=O) groups excluding carboxylic acids is 3. The molecule has 2 heterocycles. The molecule has 23 heavy (non-hydrogen) atoms. The highest BCUT2D eigenvalue weighted by atomic mass is 35.5. The van der Waals surface area contributed by atoms with Gasteiger partial charge in [0.15, 0.2) is 0 Å². The van der Waals surface area contributed by atoms with Gasteiger partial charge in [0.2, 0.25) is 5.91 Å². The number of fused-ring (bicyclic) bond motifs is 3. The molecule has 1 N–H and O–H groups in total. The predicted molar refractivity (Wildman–Crippen MR) is 75.2 cm³/mol. The van der Waals surface area contributed by atoms with E-state index in [2.05, 4.69) is 0 Å². The van der Waals surface area contributed by atoms with Crippen LogP contribution in [0.15, 0.2) is 11.8 Å². The molecule has 9 heteroatoms. The molecule has 0 spiro atoms. The van der Waals surface area contributed by atoms with E-state index in [9.17, 15) is 14.4 Å². The van der Waals surface area contributed by atoms with Crippen molar-refractivity contribution in [1.82, 2.24) is 5.32 Å². The first kappa shape index (κ1) is 16.1. The Balaban J connectivity index is 1.77. The van der Waals surface area contributed by atoms with E-state index in [-0.39, 0.29) is 23.8 Å². The maximum atomic E-state index is 11.9. The van der Waals surface area contributed by atoms with E-state index < -0.39 is 29.9 Å². The number of alkyl carbamates (subject to hydrolysis) is 1. The molecule has 1 saturated heterocycles. The highest BCUT2D eigenvalue weighted by Crippen LogP contribution is 2.60. The Labute approximate surface area is 137 Å². The molecule has 1 saturated carbocycles. The number of rotatable bonds is 3. The Morgan fingerprint density at radius 1 is 1.48 bits per heavy atom. The summed E-state index contributed by atoms with van der Waals surface area (Å²) in [5.74, 6) is -2.06. The van der Waals surface area contributed by atoms with Gasteiger partial charge in [-0.05, 0) is 13.3 Å². The highest BCUT2D eigenvalue weighted by Gasteiger charge is 2.71. The van der Waals surface area contributed by atoms with Gasteiger partial charge in [-0.1, -0.05) is 0 Å². The number of hydrogen-bond acceptors (Lipinski definition) is 7. The van der Waals surface area contributed by atoms with Crippen molar-refractivity contribution in [2.75, 3.05) is 13.0 Å². The van der Waals surface area contributed by atoms with Crippen LogP contribution in [0.2, 0.25) is 0 Å². The van der Waals surface area contributed by atoms with E-state index in [0.29, 0.717) is 12.0 Å². The van der Waals surface area contributed by atoms with E-state index in [1.165, 1.54) is 13.4 Å². The summed E-state index contributed by atoms with van der Waals surface area (Å²) in [7, 11) is 1.29. The van der Waals surface area contributed by atoms with Crippen molar-refractivity contribution in [1.29, 1.82) is 0 Å². The van der Waals surface area contributed by atoms with E-state index in [1.54, 1.807) is 0 Å². The summed E-state index contributed by atoms with van der Waals surface area (Å²) in [6.45, 7) is 1.88. The number of esters is 1. The summed E-state index contributed by atoms with van der Waals surface area (Å²) < 4.78 is 21.0. The van der Waals surface area contributed by atoms with Crippen LogP contribution in [-0.2, 0) is 28.5 Å². The van der Waals surface area contributed by atoms with Crippen molar-refractivity contribution in [3.8, 4) is 0 Å². The Kier molecular flexibility index (Phi) is 3.97. The first-order chi connectivity index (χ1) is 10.9. The van der Waals surface area contributed by atoms with E-state index in [4.69, 9.17) is 30.5 Å². The third kappa shape index (κ3) is 2.66. The summed E-state index contributed by atoms with van der Waals surface area (Å²) in [6, 6.07) is 0. The van der Waals surface area contributed by atoms with Gasteiger partial charge in [0, 0.05) is 5.92 Å². The van der Waals surface area contributed by atoms with Crippen LogP contribution in [0.25, 0.3) is 0 Å². The molecule has 3 aliphatic rings. The number of nitrogens with one attached hydrogen (secondary N) is 1. The zero-order chi connectivity index (χ0) is 16.8. The summed E-state index contributed by atoms with van der Waals surface area (Å²) in [6.07, 6.45) is -0.0716. The number of ether oxygens (including phenoxy) is 4. The molecule has 2 fully saturated rings. The van der Waals surface area contributed by atoms with Gasteiger partial charge in [0.25, 0.3) is 6.29 Å². The van der Waals surface area contributed by atoms with E-state index in [0.717, 1.165) is 0 Å². The van der Waals surface area contributed by atoms with Crippen molar-refractivity contribution in [2.24, 2.45) is 11.8 Å². The average Bonchev–Trinajstić information content (AvgIpc) is 3.07. The van der Waals surface area contributed by atoms with Gasteiger partial charge in [-0.3, -0.25) is 10.1 Å². The Morgan fingerprint density at radius 3 is 2.87 bits per heavy atom. The number of hydrogen-bond donors (Lipinski definition) is 1. The molecule has 0 aromatic rings. The third-order valence-corrected chi connectivity index (χ3v) is 4.81. The molecule has 0 aromatic heterocycles. The molecular formula is C14H16ClNO7. The molecule has 0 radical (unpaired) electrons. The number of epoxide rings is 1. The van der Waals surface area contributed by atoms with Crippen molar-refractivity contribution in [3.63, 3.8) is 0 Å². The molecule has 5 atom stereocenters. The summed E-state index contributed by atoms with van der Waals surface area (Å²) in [4.78, 5) is 34.7. The van der Waals surface area contributed by atoms with Gasteiger partial charge in [0.05, 0.1) is 31.0 Å². The van der Waals surface area contributed by atoms with Gasteiger partial charge in [0.1, 0.15) is 11.5 Å². The van der Waals surface area contributed by atoms with Crippen molar-refractivity contribution in [3.05, 3.63) is 11.8 Å². The van der Waals surface area contributed by atoms with Crippen LogP contribution in [0.1, 0.15) is 13.3 Å². The molecular weight excluding hydrogens is 330 g/mol. The number of methoxy groups -OCH3 is 1. The summed E-state index contributed by atoms with van der Waals surface area (Å²) in [5, 5.41) is 1.98. The SMILES string of the molecule is COC(=O)C1=COC(OC(=O)NC(=O)CCl)C2C1CC1O[C@@]12C. The topological polar surface area (TPSA) is 103 Å². The van der Waals surface area contributed by atoms with Crippen LogP contribution in [0, 0.1) is 11.8 Å². The number of halogens is 1. The molecule has 1 aliphatic carbocycles. The summed E-state index contributed by atoms with van der Waals surface area (Å²) in [5.41, 5.74) is -0.133. The smallest absolute Gasteiger partial charge is 0.416 e. The maximum absolute atomic E-state index is 11.9. The lowest BCUT2D eigenvalue weighted by Gasteiger charge is -2.35. The fraction of sp³-hybridized carbons (Fsp3) is 0.643. The van der Waals surface area contributed by atoms with Crippen LogP contribution in [-0.4, -0.2) is 49.0 Å². The van der Waals surface area contributed by atoms with E-state index in [1.807, 2.05) is 12.2 Å². The molecule has 4 unspecified atom stereocenters. The molecule has 8 nitrogen and oxygen atoms in total. The van der Waals surface area contributed by atoms with Crippen LogP contribution in [0.4, 0.5) is 4.79 Å². The molecule has 2 aliphatic heterocycles. The number of alkyl halides is 1. The van der Waals surface area contributed by atoms with Gasteiger partial charge in [-0.15, -0.1) is 11.6 Å². The first-order valence-corrected chi connectivity index (χ1v) is 7.62. The Hall–Kier alpha value is -1.80. The minimum atomic E-state index is -0.964. The second-order valence-corrected chi connectivity index (χ2v) is 6.08. The minimum absolute atomic E-state index is 0.0223. The fourth-order valence-electron chi connectivity index (χ4n) is 3.42. The number of carbonyl (C=O) groups is 3. The van der Waals surface area contributed by atoms with Crippen LogP contribution < -0.4 is 5.32 Å². The summed E-state index contributed by atoms with van der Waals surface area (Å²) >= 11 is 5.32. The fourth-order valence-corrected chi connectivity index (χ4v) is 3.48. The zero-order valence-corrected chi connectivity index (χ0v) is 13.3. The van der Waals surface area contributed by atoms with Crippen LogP contribution in [0.5, 0.6) is 0 Å². The van der Waals surface area contributed by atoms with Gasteiger partial charge >= 0.3 is 12.1 Å². The lowest BCUT2D eigenvalue weighted by atomic mass is 9.82. The number of imide groups is 1. The molecule has 0 aromatic carbocycles. The monoisotopic (exact) mass is 345 g/mol. The number of amides is 2. The Morgan fingerprint density at radius 2 is 2.22 bits per heavy atom. The molecule has 3 rings (SSSR count). The maximum Gasteiger partial charge on any atom is 0.416 e. The molecule has 0 bridgehead atoms. The normalized spacial score (nSPS) is 36.7. The molecule has 126 valence electrons. The first-order valence-electron chi connectivity index (χ1n) is 7.08.